The molecule has 1 nitrogen and oxygen atoms in total. The summed E-state index contributed by atoms with van der Waals surface area (Å²) < 4.78 is 0. The van der Waals surface area contributed by atoms with Gasteiger partial charge in [-0.3, -0.25) is 0 Å². The topological polar surface area (TPSA) is 3.24 Å². The summed E-state index contributed by atoms with van der Waals surface area (Å²) in [6.45, 7) is 0. The van der Waals surface area contributed by atoms with Gasteiger partial charge in [0.2, 0.25) is 0 Å². The maximum atomic E-state index is 2.21. The zero-order chi connectivity index (χ0) is 11.4. The minimum Gasteiger partial charge on any atom is -0.377 e. The second-order valence-corrected chi connectivity index (χ2v) is 4.63. The van der Waals surface area contributed by atoms with Crippen LogP contribution in [0.3, 0.4) is 0 Å². The standard InChI is InChI=1S/C14H15NS/c1-15(2)14(13-8-9-16-11-13)10-12-6-4-3-5-7-12/h3-11H,1-2H3/b14-10+. The first-order valence-electron chi connectivity index (χ1n) is 5.24. The van der Waals surface area contributed by atoms with E-state index in [9.17, 15) is 0 Å². The lowest BCUT2D eigenvalue weighted by molar-refractivity contribution is 0.595. The third kappa shape index (κ3) is 2.52. The molecule has 0 aliphatic rings. The second kappa shape index (κ2) is 4.99. The van der Waals surface area contributed by atoms with E-state index in [-0.39, 0.29) is 0 Å². The Kier molecular flexibility index (Phi) is 3.42. The highest BCUT2D eigenvalue weighted by Gasteiger charge is 2.03. The molecule has 0 N–H and O–H groups in total. The summed E-state index contributed by atoms with van der Waals surface area (Å²) in [6, 6.07) is 12.6. The molecule has 2 aromatic rings. The normalized spacial score (nSPS) is 11.5. The van der Waals surface area contributed by atoms with Gasteiger partial charge in [0.1, 0.15) is 0 Å². The summed E-state index contributed by atoms with van der Waals surface area (Å²) >= 11 is 1.73. The summed E-state index contributed by atoms with van der Waals surface area (Å²) in [6.07, 6.45) is 2.21. The number of thiophene rings is 1. The molecule has 0 atom stereocenters. The smallest absolute Gasteiger partial charge is 0.0449 e. The van der Waals surface area contributed by atoms with Gasteiger partial charge in [-0.1, -0.05) is 30.3 Å². The SMILES string of the molecule is CN(C)/C(=C/c1ccccc1)c1ccsc1. The van der Waals surface area contributed by atoms with Gasteiger partial charge in [-0.2, -0.15) is 11.3 Å². The van der Waals surface area contributed by atoms with Crippen molar-refractivity contribution in [2.75, 3.05) is 14.1 Å². The summed E-state index contributed by atoms with van der Waals surface area (Å²) in [5.74, 6) is 0. The molecule has 0 saturated carbocycles. The zero-order valence-corrected chi connectivity index (χ0v) is 10.4. The van der Waals surface area contributed by atoms with Crippen molar-refractivity contribution in [3.63, 3.8) is 0 Å². The predicted molar refractivity (Wildman–Crippen MR) is 72.3 cm³/mol. The van der Waals surface area contributed by atoms with Crippen LogP contribution in [0.4, 0.5) is 0 Å². The van der Waals surface area contributed by atoms with Gasteiger partial charge in [0.25, 0.3) is 0 Å². The van der Waals surface area contributed by atoms with E-state index >= 15 is 0 Å². The van der Waals surface area contributed by atoms with E-state index in [0.717, 1.165) is 0 Å². The average molecular weight is 229 g/mol. The fourth-order valence-electron chi connectivity index (χ4n) is 1.59. The van der Waals surface area contributed by atoms with Crippen LogP contribution in [0.1, 0.15) is 11.1 Å². The fraction of sp³-hybridized carbons (Fsp3) is 0.143. The molecule has 0 bridgehead atoms. The maximum Gasteiger partial charge on any atom is 0.0449 e. The predicted octanol–water partition coefficient (Wildman–Crippen LogP) is 3.81. The molecule has 1 heterocycles. The van der Waals surface area contributed by atoms with Gasteiger partial charge in [-0.25, -0.2) is 0 Å². The van der Waals surface area contributed by atoms with Crippen molar-refractivity contribution in [2.24, 2.45) is 0 Å². The molecule has 0 unspecified atom stereocenters. The summed E-state index contributed by atoms with van der Waals surface area (Å²) in [5, 5.41) is 4.28. The van der Waals surface area contributed by atoms with E-state index in [4.69, 9.17) is 0 Å². The molecule has 0 spiro atoms. The molecule has 2 rings (SSSR count). The molecule has 1 aromatic heterocycles. The van der Waals surface area contributed by atoms with Gasteiger partial charge in [-0.05, 0) is 23.1 Å². The Morgan fingerprint density at radius 3 is 2.44 bits per heavy atom. The van der Waals surface area contributed by atoms with Gasteiger partial charge >= 0.3 is 0 Å². The molecule has 0 fully saturated rings. The molecule has 1 aromatic carbocycles. The van der Waals surface area contributed by atoms with Crippen molar-refractivity contribution in [3.05, 3.63) is 58.3 Å². The summed E-state index contributed by atoms with van der Waals surface area (Å²) in [5.41, 5.74) is 3.75. The minimum absolute atomic E-state index is 1.23. The first-order valence-corrected chi connectivity index (χ1v) is 6.18. The highest BCUT2D eigenvalue weighted by Crippen LogP contribution is 2.22. The van der Waals surface area contributed by atoms with Crippen molar-refractivity contribution in [3.8, 4) is 0 Å². The minimum atomic E-state index is 1.23. The van der Waals surface area contributed by atoms with E-state index in [0.29, 0.717) is 0 Å². The Bertz CT molecular complexity index is 455. The van der Waals surface area contributed by atoms with Gasteiger partial charge < -0.3 is 4.90 Å². The average Bonchev–Trinajstić information content (AvgIpc) is 2.80. The van der Waals surface area contributed by atoms with Crippen molar-refractivity contribution in [2.45, 2.75) is 0 Å². The van der Waals surface area contributed by atoms with Crippen LogP contribution in [-0.4, -0.2) is 19.0 Å². The Hall–Kier alpha value is -1.54. The lowest BCUT2D eigenvalue weighted by Gasteiger charge is -2.16. The van der Waals surface area contributed by atoms with Crippen molar-refractivity contribution in [1.82, 2.24) is 4.90 Å². The highest BCUT2D eigenvalue weighted by molar-refractivity contribution is 7.08. The van der Waals surface area contributed by atoms with Crippen LogP contribution in [0, 0.1) is 0 Å². The molecular formula is C14H15NS. The van der Waals surface area contributed by atoms with E-state index in [1.54, 1.807) is 11.3 Å². The first-order chi connectivity index (χ1) is 7.77. The van der Waals surface area contributed by atoms with Crippen LogP contribution >= 0.6 is 11.3 Å². The molecule has 2 heteroatoms. The second-order valence-electron chi connectivity index (χ2n) is 3.85. The van der Waals surface area contributed by atoms with Crippen LogP contribution in [0.2, 0.25) is 0 Å². The van der Waals surface area contributed by atoms with Gasteiger partial charge in [0.05, 0.1) is 0 Å². The van der Waals surface area contributed by atoms with Crippen molar-refractivity contribution < 1.29 is 0 Å². The third-order valence-corrected chi connectivity index (χ3v) is 3.08. The number of benzene rings is 1. The number of hydrogen-bond acceptors (Lipinski definition) is 2. The van der Waals surface area contributed by atoms with Crippen molar-refractivity contribution >= 4 is 23.1 Å². The third-order valence-electron chi connectivity index (χ3n) is 2.40. The van der Waals surface area contributed by atoms with Gasteiger partial charge in [0.15, 0.2) is 0 Å². The van der Waals surface area contributed by atoms with Gasteiger partial charge in [-0.15, -0.1) is 0 Å². The van der Waals surface area contributed by atoms with E-state index in [2.05, 4.69) is 66.2 Å². The van der Waals surface area contributed by atoms with E-state index in [1.807, 2.05) is 6.07 Å². The first kappa shape index (κ1) is 11.0. The largest absolute Gasteiger partial charge is 0.377 e. The van der Waals surface area contributed by atoms with E-state index in [1.165, 1.54) is 16.8 Å². The van der Waals surface area contributed by atoms with Gasteiger partial charge in [0, 0.05) is 30.7 Å². The Morgan fingerprint density at radius 1 is 1.12 bits per heavy atom. The van der Waals surface area contributed by atoms with Crippen LogP contribution in [0.5, 0.6) is 0 Å². The Labute approximate surface area is 101 Å². The van der Waals surface area contributed by atoms with Crippen LogP contribution in [0.15, 0.2) is 47.2 Å². The van der Waals surface area contributed by atoms with E-state index < -0.39 is 0 Å². The van der Waals surface area contributed by atoms with Crippen LogP contribution < -0.4 is 0 Å². The quantitative estimate of drug-likeness (QED) is 0.773. The monoisotopic (exact) mass is 229 g/mol. The molecule has 16 heavy (non-hydrogen) atoms. The number of nitrogens with zero attached hydrogens (tertiary/aromatic N) is 1. The number of hydrogen-bond donors (Lipinski definition) is 0. The van der Waals surface area contributed by atoms with Crippen molar-refractivity contribution in [1.29, 1.82) is 0 Å². The fourth-order valence-corrected chi connectivity index (χ4v) is 2.24. The molecule has 0 aliphatic carbocycles. The molecule has 0 radical (unpaired) electrons. The Morgan fingerprint density at radius 2 is 1.88 bits per heavy atom. The lowest BCUT2D eigenvalue weighted by atomic mass is 10.1. The van der Waals surface area contributed by atoms with Crippen LogP contribution in [-0.2, 0) is 0 Å². The lowest BCUT2D eigenvalue weighted by Crippen LogP contribution is -2.09. The van der Waals surface area contributed by atoms with Crippen LogP contribution in [0.25, 0.3) is 11.8 Å². The number of rotatable bonds is 3. The zero-order valence-electron chi connectivity index (χ0n) is 9.55. The molecular weight excluding hydrogens is 214 g/mol. The molecule has 82 valence electrons. The molecule has 0 aliphatic heterocycles. The molecule has 0 saturated heterocycles. The molecule has 0 amide bonds. The summed E-state index contributed by atoms with van der Waals surface area (Å²) in [4.78, 5) is 2.15. The maximum absolute atomic E-state index is 2.21. The highest BCUT2D eigenvalue weighted by atomic mass is 32.1. The summed E-state index contributed by atoms with van der Waals surface area (Å²) in [7, 11) is 4.15. The Balaban J connectivity index is 2.38.